The average Bonchev–Trinajstić information content (AvgIpc) is 2.64. The molecule has 0 amide bonds. The number of nitriles is 1. The zero-order chi connectivity index (χ0) is 19.6. The fourth-order valence-electron chi connectivity index (χ4n) is 3.77. The van der Waals surface area contributed by atoms with Gasteiger partial charge in [-0.15, -0.1) is 0 Å². The molecular weight excluding hydrogens is 365 g/mol. The Labute approximate surface area is 158 Å². The van der Waals surface area contributed by atoms with Crippen molar-refractivity contribution in [1.29, 1.82) is 5.26 Å². The number of methoxy groups -OCH3 is 1. The van der Waals surface area contributed by atoms with Crippen LogP contribution in [-0.4, -0.2) is 41.1 Å². The predicted molar refractivity (Wildman–Crippen MR) is 104 cm³/mol. The number of hydrogen-bond acceptors (Lipinski definition) is 5. The summed E-state index contributed by atoms with van der Waals surface area (Å²) in [5, 5.41) is 10.5. The van der Waals surface area contributed by atoms with E-state index in [1.165, 1.54) is 0 Å². The molecule has 0 bridgehead atoms. The van der Waals surface area contributed by atoms with Crippen molar-refractivity contribution in [2.24, 2.45) is 5.92 Å². The smallest absolute Gasteiger partial charge is 0.325 e. The van der Waals surface area contributed by atoms with E-state index < -0.39 is 7.60 Å². The molecule has 2 aromatic rings. The van der Waals surface area contributed by atoms with Crippen LogP contribution < -0.4 is 9.64 Å². The van der Waals surface area contributed by atoms with Crippen LogP contribution in [0.2, 0.25) is 0 Å². The topological polar surface area (TPSA) is 107 Å². The second-order valence-electron chi connectivity index (χ2n) is 7.10. The second-order valence-corrected chi connectivity index (χ2v) is 8.88. The Morgan fingerprint density at radius 2 is 2.07 bits per heavy atom. The van der Waals surface area contributed by atoms with Gasteiger partial charge in [-0.25, -0.2) is 0 Å². The molecule has 1 aliphatic rings. The SMILES string of the molecule is COc1cc(C)cc2c(N3CCC(CCP(=O)(O)O)CC3)c(C#N)cnc12. The van der Waals surface area contributed by atoms with Gasteiger partial charge in [0, 0.05) is 24.7 Å². The molecule has 0 atom stereocenters. The molecule has 0 spiro atoms. The average molecular weight is 389 g/mol. The second kappa shape index (κ2) is 7.85. The molecule has 1 aromatic heterocycles. The molecule has 0 unspecified atom stereocenters. The van der Waals surface area contributed by atoms with Crippen LogP contribution in [0.25, 0.3) is 10.9 Å². The molecule has 1 aromatic carbocycles. The quantitative estimate of drug-likeness (QED) is 0.756. The highest BCUT2D eigenvalue weighted by Gasteiger charge is 2.25. The molecule has 7 nitrogen and oxygen atoms in total. The monoisotopic (exact) mass is 389 g/mol. The lowest BCUT2D eigenvalue weighted by atomic mass is 9.93. The normalized spacial score (nSPS) is 15.7. The Morgan fingerprint density at radius 3 is 2.67 bits per heavy atom. The van der Waals surface area contributed by atoms with E-state index in [9.17, 15) is 9.83 Å². The number of aromatic nitrogens is 1. The van der Waals surface area contributed by atoms with E-state index in [-0.39, 0.29) is 6.16 Å². The van der Waals surface area contributed by atoms with Crippen LogP contribution in [0.3, 0.4) is 0 Å². The minimum absolute atomic E-state index is 0.0598. The van der Waals surface area contributed by atoms with E-state index in [4.69, 9.17) is 14.5 Å². The third kappa shape index (κ3) is 4.41. The first-order valence-corrected chi connectivity index (χ1v) is 10.8. The Kier molecular flexibility index (Phi) is 5.71. The van der Waals surface area contributed by atoms with Crippen LogP contribution in [-0.2, 0) is 4.57 Å². The van der Waals surface area contributed by atoms with Gasteiger partial charge in [0.1, 0.15) is 17.3 Å². The van der Waals surface area contributed by atoms with Crippen LogP contribution in [0, 0.1) is 24.2 Å². The molecule has 3 rings (SSSR count). The largest absolute Gasteiger partial charge is 0.494 e. The summed E-state index contributed by atoms with van der Waals surface area (Å²) in [6.07, 6.45) is 3.76. The summed E-state index contributed by atoms with van der Waals surface area (Å²) in [6, 6.07) is 6.21. The lowest BCUT2D eigenvalue weighted by Gasteiger charge is -2.35. The van der Waals surface area contributed by atoms with E-state index in [0.717, 1.165) is 48.1 Å². The summed E-state index contributed by atoms with van der Waals surface area (Å²) >= 11 is 0. The van der Waals surface area contributed by atoms with Gasteiger partial charge in [-0.05, 0) is 49.8 Å². The maximum Gasteiger partial charge on any atom is 0.325 e. The highest BCUT2D eigenvalue weighted by Crippen LogP contribution is 2.40. The Hall–Kier alpha value is -2.13. The summed E-state index contributed by atoms with van der Waals surface area (Å²) in [6.45, 7) is 3.48. The Bertz CT molecular complexity index is 927. The maximum atomic E-state index is 11.1. The van der Waals surface area contributed by atoms with Crippen molar-refractivity contribution in [1.82, 2.24) is 4.98 Å². The maximum absolute atomic E-state index is 11.1. The molecule has 27 heavy (non-hydrogen) atoms. The summed E-state index contributed by atoms with van der Waals surface area (Å²) in [5.74, 6) is 0.982. The van der Waals surface area contributed by atoms with Crippen molar-refractivity contribution in [2.45, 2.75) is 26.2 Å². The van der Waals surface area contributed by atoms with E-state index in [1.807, 2.05) is 19.1 Å². The summed E-state index contributed by atoms with van der Waals surface area (Å²) in [5.41, 5.74) is 3.18. The molecule has 0 aliphatic carbocycles. The van der Waals surface area contributed by atoms with Crippen LogP contribution in [0.1, 0.15) is 30.4 Å². The van der Waals surface area contributed by atoms with Gasteiger partial charge < -0.3 is 19.4 Å². The molecule has 2 N–H and O–H groups in total. The van der Waals surface area contributed by atoms with Gasteiger partial charge in [0.05, 0.1) is 24.5 Å². The standard InChI is InChI=1S/C19H24N3O4P/c1-13-9-16-18(17(10-13)26-2)21-12-15(11-20)19(16)22-6-3-14(4-7-22)5-8-27(23,24)25/h9-10,12,14H,3-8H2,1-2H3,(H2,23,24,25). The van der Waals surface area contributed by atoms with E-state index in [2.05, 4.69) is 16.0 Å². The molecule has 1 fully saturated rings. The zero-order valence-electron chi connectivity index (χ0n) is 15.6. The van der Waals surface area contributed by atoms with Crippen molar-refractivity contribution in [3.63, 3.8) is 0 Å². The molecule has 1 aliphatic heterocycles. The summed E-state index contributed by atoms with van der Waals surface area (Å²) in [7, 11) is -2.33. The molecule has 144 valence electrons. The lowest BCUT2D eigenvalue weighted by molar-refractivity contribution is 0.350. The number of piperidine rings is 1. The number of fused-ring (bicyclic) bond motifs is 1. The van der Waals surface area contributed by atoms with E-state index >= 15 is 0 Å². The summed E-state index contributed by atoms with van der Waals surface area (Å²) in [4.78, 5) is 24.8. The Morgan fingerprint density at radius 1 is 1.37 bits per heavy atom. The number of rotatable bonds is 5. The molecule has 0 saturated carbocycles. The minimum Gasteiger partial charge on any atom is -0.494 e. The number of benzene rings is 1. The highest BCUT2D eigenvalue weighted by molar-refractivity contribution is 7.51. The van der Waals surface area contributed by atoms with Gasteiger partial charge in [0.25, 0.3) is 0 Å². The molecular formula is C19H24N3O4P. The highest BCUT2D eigenvalue weighted by atomic mass is 31.2. The summed E-state index contributed by atoms with van der Waals surface area (Å²) < 4.78 is 16.6. The van der Waals surface area contributed by atoms with E-state index in [1.54, 1.807) is 13.3 Å². The van der Waals surface area contributed by atoms with Gasteiger partial charge >= 0.3 is 7.60 Å². The zero-order valence-corrected chi connectivity index (χ0v) is 16.4. The number of pyridine rings is 1. The third-order valence-electron chi connectivity index (χ3n) is 5.15. The van der Waals surface area contributed by atoms with Gasteiger partial charge in [-0.3, -0.25) is 9.55 Å². The molecule has 8 heteroatoms. The van der Waals surface area contributed by atoms with Crippen LogP contribution >= 0.6 is 7.60 Å². The van der Waals surface area contributed by atoms with Crippen molar-refractivity contribution >= 4 is 24.2 Å². The van der Waals surface area contributed by atoms with Gasteiger partial charge in [0.15, 0.2) is 0 Å². The molecule has 0 radical (unpaired) electrons. The predicted octanol–water partition coefficient (Wildman–Crippen LogP) is 3.21. The number of aryl methyl sites for hydroxylation is 1. The minimum atomic E-state index is -3.94. The van der Waals surface area contributed by atoms with Crippen molar-refractivity contribution in [2.75, 3.05) is 31.3 Å². The van der Waals surface area contributed by atoms with Gasteiger partial charge in [0.2, 0.25) is 0 Å². The number of ether oxygens (including phenoxy) is 1. The van der Waals surface area contributed by atoms with Crippen molar-refractivity contribution < 1.29 is 19.1 Å². The third-order valence-corrected chi connectivity index (χ3v) is 5.99. The fraction of sp³-hybridized carbons (Fsp3) is 0.474. The number of anilines is 1. The molecule has 2 heterocycles. The lowest BCUT2D eigenvalue weighted by Crippen LogP contribution is -2.34. The van der Waals surface area contributed by atoms with Crippen molar-refractivity contribution in [3.8, 4) is 11.8 Å². The first-order valence-electron chi connectivity index (χ1n) is 8.99. The first kappa shape index (κ1) is 19.6. The van der Waals surface area contributed by atoms with Crippen molar-refractivity contribution in [3.05, 3.63) is 29.5 Å². The van der Waals surface area contributed by atoms with Gasteiger partial charge in [-0.1, -0.05) is 0 Å². The van der Waals surface area contributed by atoms with E-state index in [0.29, 0.717) is 23.7 Å². The van der Waals surface area contributed by atoms with Crippen LogP contribution in [0.5, 0.6) is 5.75 Å². The van der Waals surface area contributed by atoms with Crippen LogP contribution in [0.15, 0.2) is 18.3 Å². The van der Waals surface area contributed by atoms with Crippen LogP contribution in [0.4, 0.5) is 5.69 Å². The first-order chi connectivity index (χ1) is 12.8. The number of hydrogen-bond donors (Lipinski definition) is 2. The molecule has 1 saturated heterocycles. The fourth-order valence-corrected chi connectivity index (χ4v) is 4.47. The Balaban J connectivity index is 1.90. The van der Waals surface area contributed by atoms with Gasteiger partial charge in [-0.2, -0.15) is 5.26 Å². The number of nitrogens with zero attached hydrogens (tertiary/aromatic N) is 3.